The zero-order valence-corrected chi connectivity index (χ0v) is 34.4. The predicted octanol–water partition coefficient (Wildman–Crippen LogP) is 3.08. The Kier molecular flexibility index (Phi) is 21.3. The number of hydrogen-bond donors (Lipinski definition) is 6. The number of carboxylic acids is 3. The number of rotatable bonds is 29. The van der Waals surface area contributed by atoms with Gasteiger partial charge in [0, 0.05) is 64.1 Å². The molecule has 0 saturated heterocycles. The van der Waals surface area contributed by atoms with Crippen LogP contribution in [0.1, 0.15) is 77.2 Å². The Bertz CT molecular complexity index is 1630. The molecular weight excluding hydrogens is 745 g/mol. The van der Waals surface area contributed by atoms with Crippen LogP contribution in [0.2, 0.25) is 0 Å². The van der Waals surface area contributed by atoms with Crippen molar-refractivity contribution in [1.29, 1.82) is 0 Å². The van der Waals surface area contributed by atoms with Crippen LogP contribution in [0.25, 0.3) is 10.8 Å². The Balaban J connectivity index is 1.41. The van der Waals surface area contributed by atoms with E-state index in [2.05, 4.69) is 34.9 Å². The number of nitrogens with zero attached hydrogens (tertiary/aromatic N) is 3. The Morgan fingerprint density at radius 1 is 0.724 bits per heavy atom. The number of amides is 2. The van der Waals surface area contributed by atoms with E-state index in [1.165, 1.54) is 0 Å². The number of carboxylic acid groups (broad SMARTS) is 3. The monoisotopic (exact) mass is 810 g/mol. The molecule has 322 valence electrons. The highest BCUT2D eigenvalue weighted by molar-refractivity contribution is 5.92. The normalized spacial score (nSPS) is 16.2. The van der Waals surface area contributed by atoms with Crippen molar-refractivity contribution < 1.29 is 44.1 Å². The van der Waals surface area contributed by atoms with Gasteiger partial charge in [-0.15, -0.1) is 0 Å². The molecule has 7 N–H and O–H groups in total. The first-order chi connectivity index (χ1) is 27.8. The summed E-state index contributed by atoms with van der Waals surface area (Å²) in [7, 11) is 0. The second-order valence-electron chi connectivity index (χ2n) is 15.6. The minimum atomic E-state index is -1.04. The van der Waals surface area contributed by atoms with Crippen LogP contribution >= 0.6 is 0 Å². The fraction of sp³-hybridized carbons (Fsp3) is 0.628. The number of benzene rings is 2. The topological polar surface area (TPSA) is 223 Å². The van der Waals surface area contributed by atoms with Gasteiger partial charge >= 0.3 is 17.9 Å². The van der Waals surface area contributed by atoms with E-state index in [-0.39, 0.29) is 81.0 Å². The van der Waals surface area contributed by atoms with E-state index in [4.69, 9.17) is 10.8 Å². The van der Waals surface area contributed by atoms with Gasteiger partial charge in [-0.3, -0.25) is 43.5 Å². The minimum absolute atomic E-state index is 0.0796. The number of hydrogen-bond acceptors (Lipinski definition) is 10. The molecule has 3 rings (SSSR count). The van der Waals surface area contributed by atoms with Crippen LogP contribution in [-0.2, 0) is 35.2 Å². The molecule has 1 saturated carbocycles. The van der Waals surface area contributed by atoms with Crippen molar-refractivity contribution in [3.05, 3.63) is 48.0 Å². The summed E-state index contributed by atoms with van der Waals surface area (Å²) in [6.07, 6.45) is 6.27. The summed E-state index contributed by atoms with van der Waals surface area (Å²) in [4.78, 5) is 79.1. The number of fused-ring (bicyclic) bond motifs is 1. The zero-order valence-electron chi connectivity index (χ0n) is 34.4. The fourth-order valence-electron chi connectivity index (χ4n) is 7.82. The average Bonchev–Trinajstić information content (AvgIpc) is 3.19. The zero-order chi connectivity index (χ0) is 42.5. The summed E-state index contributed by atoms with van der Waals surface area (Å²) in [5.74, 6) is -3.20. The molecule has 0 aromatic heterocycles. The molecule has 1 unspecified atom stereocenters. The van der Waals surface area contributed by atoms with Crippen LogP contribution < -0.4 is 16.4 Å². The molecule has 2 amide bonds. The number of nitrogens with one attached hydrogen (secondary N) is 2. The molecule has 0 spiro atoms. The lowest BCUT2D eigenvalue weighted by atomic mass is 9.81. The van der Waals surface area contributed by atoms with Crippen LogP contribution in [0.15, 0.2) is 42.5 Å². The SMILES string of the molecule is CCC(CC)C(=O)C(Cc1ccc2ccccc2c1)NC(=O)C1CCC(CNC(=O)CCCCN(CCN(CCN(CCN)CC(=O)O)CC(=O)O)CC(=O)O)CC1. The molecule has 0 aliphatic heterocycles. The van der Waals surface area contributed by atoms with Crippen LogP contribution in [0.3, 0.4) is 0 Å². The third kappa shape index (κ3) is 17.6. The largest absolute Gasteiger partial charge is 0.480 e. The number of nitrogens with two attached hydrogens (primary N) is 1. The molecule has 1 aliphatic carbocycles. The van der Waals surface area contributed by atoms with Crippen molar-refractivity contribution in [2.45, 2.75) is 84.1 Å². The van der Waals surface area contributed by atoms with Crippen LogP contribution in [0.5, 0.6) is 0 Å². The van der Waals surface area contributed by atoms with Crippen molar-refractivity contribution in [3.8, 4) is 0 Å². The van der Waals surface area contributed by atoms with E-state index >= 15 is 0 Å². The standard InChI is InChI=1S/C43H66N6O9/c1-3-33(4-2)42(57)37(26-32-14-15-34-9-5-6-10-36(34)25-32)46-43(58)35-16-12-31(13-17-35)27-45-38(50)11-7-8-19-47(28-39(51)52)21-23-49(30-41(55)56)24-22-48(20-18-44)29-40(53)54/h5-6,9-10,14-15,25,31,33,35,37H,3-4,7-8,11-13,16-24,26-30,44H2,1-2H3,(H,45,50)(H,46,58)(H,51,52)(H,53,54)(H,55,56). The molecule has 15 nitrogen and oxygen atoms in total. The highest BCUT2D eigenvalue weighted by Crippen LogP contribution is 2.29. The average molecular weight is 811 g/mol. The molecule has 0 bridgehead atoms. The summed E-state index contributed by atoms with van der Waals surface area (Å²) in [6.45, 7) is 5.99. The lowest BCUT2D eigenvalue weighted by Gasteiger charge is -2.30. The van der Waals surface area contributed by atoms with Gasteiger partial charge in [-0.1, -0.05) is 56.3 Å². The summed E-state index contributed by atoms with van der Waals surface area (Å²) >= 11 is 0. The van der Waals surface area contributed by atoms with Crippen molar-refractivity contribution in [3.63, 3.8) is 0 Å². The maximum Gasteiger partial charge on any atom is 0.317 e. The fourth-order valence-corrected chi connectivity index (χ4v) is 7.82. The number of carbonyl (C=O) groups excluding carboxylic acids is 3. The molecule has 0 radical (unpaired) electrons. The van der Waals surface area contributed by atoms with Gasteiger partial charge in [0.15, 0.2) is 5.78 Å². The maximum absolute atomic E-state index is 13.6. The van der Waals surface area contributed by atoms with Gasteiger partial charge < -0.3 is 31.7 Å². The van der Waals surface area contributed by atoms with Gasteiger partial charge in [0.2, 0.25) is 11.8 Å². The van der Waals surface area contributed by atoms with Crippen molar-refractivity contribution in [1.82, 2.24) is 25.3 Å². The molecule has 15 heteroatoms. The third-order valence-electron chi connectivity index (χ3n) is 11.2. The molecule has 1 fully saturated rings. The van der Waals surface area contributed by atoms with E-state index < -0.39 is 23.9 Å². The van der Waals surface area contributed by atoms with Crippen LogP contribution in [0.4, 0.5) is 0 Å². The highest BCUT2D eigenvalue weighted by Gasteiger charge is 2.31. The summed E-state index contributed by atoms with van der Waals surface area (Å²) in [5, 5.41) is 36.4. The lowest BCUT2D eigenvalue weighted by Crippen LogP contribution is -2.47. The number of ketones is 1. The Morgan fingerprint density at radius 2 is 1.28 bits per heavy atom. The lowest BCUT2D eigenvalue weighted by molar-refractivity contribution is -0.140. The molecule has 2 aromatic rings. The Labute approximate surface area is 342 Å². The van der Waals surface area contributed by atoms with E-state index in [1.807, 2.05) is 32.0 Å². The number of Topliss-reactive ketones (excluding diaryl/α,β-unsaturated/α-hetero) is 1. The summed E-state index contributed by atoms with van der Waals surface area (Å²) in [6, 6.07) is 13.7. The summed E-state index contributed by atoms with van der Waals surface area (Å²) < 4.78 is 0. The van der Waals surface area contributed by atoms with Gasteiger partial charge in [-0.2, -0.15) is 0 Å². The van der Waals surface area contributed by atoms with E-state index in [0.717, 1.165) is 42.0 Å². The van der Waals surface area contributed by atoms with Gasteiger partial charge in [0.05, 0.1) is 25.7 Å². The first-order valence-electron chi connectivity index (χ1n) is 20.9. The molecular formula is C43H66N6O9. The van der Waals surface area contributed by atoms with Crippen molar-refractivity contribution >= 4 is 46.3 Å². The second kappa shape index (κ2) is 25.8. The number of carbonyl (C=O) groups is 6. The first kappa shape index (κ1) is 47.9. The van der Waals surface area contributed by atoms with E-state index in [9.17, 15) is 39.0 Å². The van der Waals surface area contributed by atoms with Gasteiger partial charge in [0.25, 0.3) is 0 Å². The number of unbranched alkanes of at least 4 members (excludes halogenated alkanes) is 1. The molecule has 2 aromatic carbocycles. The van der Waals surface area contributed by atoms with E-state index in [0.29, 0.717) is 64.8 Å². The predicted molar refractivity (Wildman–Crippen MR) is 222 cm³/mol. The van der Waals surface area contributed by atoms with Gasteiger partial charge in [0.1, 0.15) is 0 Å². The smallest absolute Gasteiger partial charge is 0.317 e. The highest BCUT2D eigenvalue weighted by atomic mass is 16.4. The molecule has 1 aliphatic rings. The molecule has 0 heterocycles. The van der Waals surface area contributed by atoms with Gasteiger partial charge in [-0.05, 0) is 86.6 Å². The van der Waals surface area contributed by atoms with E-state index in [1.54, 1.807) is 14.7 Å². The Morgan fingerprint density at radius 3 is 1.83 bits per heavy atom. The second-order valence-corrected chi connectivity index (χ2v) is 15.6. The van der Waals surface area contributed by atoms with Crippen LogP contribution in [-0.4, -0.2) is 144 Å². The summed E-state index contributed by atoms with van der Waals surface area (Å²) in [5.41, 5.74) is 6.60. The molecule has 1 atom stereocenters. The maximum atomic E-state index is 13.6. The molecule has 58 heavy (non-hydrogen) atoms. The number of aliphatic carboxylic acids is 3. The van der Waals surface area contributed by atoms with Gasteiger partial charge in [-0.25, -0.2) is 0 Å². The first-order valence-corrected chi connectivity index (χ1v) is 20.9. The van der Waals surface area contributed by atoms with Crippen molar-refractivity contribution in [2.75, 3.05) is 72.0 Å². The Hall–Kier alpha value is -4.44. The van der Waals surface area contributed by atoms with Crippen molar-refractivity contribution in [2.24, 2.45) is 23.5 Å². The third-order valence-corrected chi connectivity index (χ3v) is 11.2. The minimum Gasteiger partial charge on any atom is -0.480 e. The van der Waals surface area contributed by atoms with Crippen LogP contribution in [0, 0.1) is 17.8 Å². The quantitative estimate of drug-likeness (QED) is 0.0652.